The van der Waals surface area contributed by atoms with Gasteiger partial charge in [0.2, 0.25) is 0 Å². The van der Waals surface area contributed by atoms with Crippen molar-refractivity contribution < 1.29 is 28.6 Å². The zero-order valence-electron chi connectivity index (χ0n) is 47.0. The molecule has 0 aliphatic heterocycles. The highest BCUT2D eigenvalue weighted by molar-refractivity contribution is 5.71. The minimum atomic E-state index is -0.806. The van der Waals surface area contributed by atoms with Crippen LogP contribution < -0.4 is 0 Å². The molecule has 0 rings (SSSR count). The van der Waals surface area contributed by atoms with Crippen LogP contribution in [0.3, 0.4) is 0 Å². The van der Waals surface area contributed by atoms with E-state index >= 15 is 0 Å². The minimum absolute atomic E-state index is 0.0966. The van der Waals surface area contributed by atoms with Crippen molar-refractivity contribution in [1.29, 1.82) is 0 Å². The van der Waals surface area contributed by atoms with Gasteiger partial charge in [0.1, 0.15) is 13.2 Å². The Bertz CT molecular complexity index is 1320. The van der Waals surface area contributed by atoms with Gasteiger partial charge in [0.05, 0.1) is 0 Å². The third-order valence-electron chi connectivity index (χ3n) is 13.2. The van der Waals surface area contributed by atoms with Crippen LogP contribution in [0.5, 0.6) is 0 Å². The maximum absolute atomic E-state index is 12.9. The Morgan fingerprint density at radius 2 is 0.563 bits per heavy atom. The highest BCUT2D eigenvalue weighted by atomic mass is 16.6. The Labute approximate surface area is 440 Å². The second-order valence-electron chi connectivity index (χ2n) is 20.2. The predicted octanol–water partition coefficient (Wildman–Crippen LogP) is 20.5. The topological polar surface area (TPSA) is 78.9 Å². The average Bonchev–Trinajstić information content (AvgIpc) is 3.37. The number of esters is 3. The lowest BCUT2D eigenvalue weighted by atomic mass is 10.0. The molecule has 0 aliphatic carbocycles. The molecule has 0 fully saturated rings. The van der Waals surface area contributed by atoms with Crippen molar-refractivity contribution >= 4 is 17.9 Å². The van der Waals surface area contributed by atoms with E-state index in [0.717, 1.165) is 77.0 Å². The standard InChI is InChI=1S/C65H114O6/c1-4-7-10-13-16-19-22-25-28-31-32-35-37-40-43-46-49-52-55-58-64(67)70-61-62(71-65(68)59-56-53-50-47-44-41-38-34-30-27-24-21-18-15-12-9-6-3)60-69-63(66)57-54-51-48-45-42-39-36-33-29-26-23-20-17-14-11-8-5-2/h9,12,18,21,27,30-32,38,41,47,50,62H,4-8,10-11,13-17,19-20,22-26,28-29,33-37,39-40,42-46,48-49,51-61H2,1-3H3/b12-9-,21-18-,30-27-,32-31-,41-38-,50-47-. The second-order valence-corrected chi connectivity index (χ2v) is 20.2. The third-order valence-corrected chi connectivity index (χ3v) is 13.2. The van der Waals surface area contributed by atoms with Gasteiger partial charge in [0, 0.05) is 19.3 Å². The van der Waals surface area contributed by atoms with Gasteiger partial charge in [-0.2, -0.15) is 0 Å². The molecule has 0 N–H and O–H groups in total. The highest BCUT2D eigenvalue weighted by Gasteiger charge is 2.19. The quantitative estimate of drug-likeness (QED) is 0.0261. The van der Waals surface area contributed by atoms with Gasteiger partial charge in [-0.25, -0.2) is 0 Å². The Morgan fingerprint density at radius 1 is 0.296 bits per heavy atom. The number of carbonyl (C=O) groups is 3. The summed E-state index contributed by atoms with van der Waals surface area (Å²) in [4.78, 5) is 38.2. The van der Waals surface area contributed by atoms with E-state index in [1.54, 1.807) is 0 Å². The first kappa shape index (κ1) is 67.8. The smallest absolute Gasteiger partial charge is 0.306 e. The Morgan fingerprint density at radius 3 is 0.915 bits per heavy atom. The van der Waals surface area contributed by atoms with Crippen molar-refractivity contribution in [2.24, 2.45) is 0 Å². The number of hydrogen-bond acceptors (Lipinski definition) is 6. The molecule has 6 heteroatoms. The van der Waals surface area contributed by atoms with E-state index < -0.39 is 6.10 Å². The van der Waals surface area contributed by atoms with E-state index in [9.17, 15) is 14.4 Å². The van der Waals surface area contributed by atoms with Gasteiger partial charge in [-0.05, 0) is 83.5 Å². The fraction of sp³-hybridized carbons (Fsp3) is 0.769. The molecular weight excluding hydrogens is 877 g/mol. The highest BCUT2D eigenvalue weighted by Crippen LogP contribution is 2.16. The summed E-state index contributed by atoms with van der Waals surface area (Å²) in [5, 5.41) is 0. The lowest BCUT2D eigenvalue weighted by Gasteiger charge is -2.18. The maximum Gasteiger partial charge on any atom is 0.306 e. The predicted molar refractivity (Wildman–Crippen MR) is 307 cm³/mol. The number of hydrogen-bond donors (Lipinski definition) is 0. The van der Waals surface area contributed by atoms with E-state index in [-0.39, 0.29) is 37.5 Å². The van der Waals surface area contributed by atoms with Crippen LogP contribution in [0, 0.1) is 0 Å². The number of unbranched alkanes of at least 4 members (excludes halogenated alkanes) is 32. The number of ether oxygens (including phenoxy) is 3. The zero-order chi connectivity index (χ0) is 51.4. The largest absolute Gasteiger partial charge is 0.462 e. The second kappa shape index (κ2) is 59.4. The Kier molecular flexibility index (Phi) is 56.8. The molecule has 0 amide bonds. The molecule has 0 aromatic carbocycles. The van der Waals surface area contributed by atoms with E-state index in [1.807, 2.05) is 0 Å². The maximum atomic E-state index is 12.9. The molecule has 0 heterocycles. The van der Waals surface area contributed by atoms with Crippen molar-refractivity contribution in [3.05, 3.63) is 72.9 Å². The minimum Gasteiger partial charge on any atom is -0.462 e. The van der Waals surface area contributed by atoms with Gasteiger partial charge in [-0.1, -0.05) is 273 Å². The number of carbonyl (C=O) groups excluding carboxylic acids is 3. The normalized spacial score (nSPS) is 12.5. The summed E-state index contributed by atoms with van der Waals surface area (Å²) in [6, 6.07) is 0. The fourth-order valence-electron chi connectivity index (χ4n) is 8.65. The van der Waals surface area contributed by atoms with Crippen LogP contribution in [0.4, 0.5) is 0 Å². The van der Waals surface area contributed by atoms with Gasteiger partial charge in [-0.3, -0.25) is 14.4 Å². The van der Waals surface area contributed by atoms with Crippen LogP contribution in [-0.4, -0.2) is 37.2 Å². The lowest BCUT2D eigenvalue weighted by Crippen LogP contribution is -2.30. The molecule has 0 saturated heterocycles. The van der Waals surface area contributed by atoms with Gasteiger partial charge < -0.3 is 14.2 Å². The summed E-state index contributed by atoms with van der Waals surface area (Å²) in [5.41, 5.74) is 0. The number of rotatable bonds is 55. The summed E-state index contributed by atoms with van der Waals surface area (Å²) >= 11 is 0. The average molecular weight is 992 g/mol. The summed E-state index contributed by atoms with van der Waals surface area (Å²) in [5.74, 6) is -0.947. The molecule has 6 nitrogen and oxygen atoms in total. The van der Waals surface area contributed by atoms with Gasteiger partial charge >= 0.3 is 17.9 Å². The molecular formula is C65H114O6. The van der Waals surface area contributed by atoms with Crippen molar-refractivity contribution in [2.45, 2.75) is 309 Å². The van der Waals surface area contributed by atoms with Crippen LogP contribution in [0.1, 0.15) is 303 Å². The Hall–Kier alpha value is -3.15. The van der Waals surface area contributed by atoms with E-state index in [4.69, 9.17) is 14.2 Å². The molecule has 0 aromatic rings. The summed E-state index contributed by atoms with van der Waals surface area (Å²) in [7, 11) is 0. The number of allylic oxidation sites excluding steroid dienone is 12. The van der Waals surface area contributed by atoms with Crippen molar-refractivity contribution in [2.75, 3.05) is 13.2 Å². The first-order valence-corrected chi connectivity index (χ1v) is 30.4. The molecule has 410 valence electrons. The lowest BCUT2D eigenvalue weighted by molar-refractivity contribution is -0.167. The van der Waals surface area contributed by atoms with Crippen LogP contribution in [0.15, 0.2) is 72.9 Å². The summed E-state index contributed by atoms with van der Waals surface area (Å²) in [6.07, 6.45) is 76.2. The van der Waals surface area contributed by atoms with Gasteiger partial charge in [0.15, 0.2) is 6.10 Å². The molecule has 0 aromatic heterocycles. The zero-order valence-corrected chi connectivity index (χ0v) is 47.0. The molecule has 0 spiro atoms. The van der Waals surface area contributed by atoms with Crippen LogP contribution in [0.25, 0.3) is 0 Å². The van der Waals surface area contributed by atoms with E-state index in [2.05, 4.69) is 93.7 Å². The molecule has 0 bridgehead atoms. The monoisotopic (exact) mass is 991 g/mol. The molecule has 71 heavy (non-hydrogen) atoms. The molecule has 1 atom stereocenters. The van der Waals surface area contributed by atoms with Crippen molar-refractivity contribution in [3.8, 4) is 0 Å². The van der Waals surface area contributed by atoms with Crippen LogP contribution in [-0.2, 0) is 28.6 Å². The molecule has 0 saturated carbocycles. The molecule has 0 aliphatic rings. The Balaban J connectivity index is 4.43. The van der Waals surface area contributed by atoms with Gasteiger partial charge in [0.25, 0.3) is 0 Å². The van der Waals surface area contributed by atoms with Gasteiger partial charge in [-0.15, -0.1) is 0 Å². The molecule has 0 radical (unpaired) electrons. The van der Waals surface area contributed by atoms with Crippen LogP contribution in [0.2, 0.25) is 0 Å². The summed E-state index contributed by atoms with van der Waals surface area (Å²) in [6.45, 7) is 6.51. The van der Waals surface area contributed by atoms with Crippen molar-refractivity contribution in [3.63, 3.8) is 0 Å². The van der Waals surface area contributed by atoms with Crippen LogP contribution >= 0.6 is 0 Å². The third kappa shape index (κ3) is 57.6. The van der Waals surface area contributed by atoms with Crippen molar-refractivity contribution in [1.82, 2.24) is 0 Å². The first-order chi connectivity index (χ1) is 35.0. The first-order valence-electron chi connectivity index (χ1n) is 30.4. The SMILES string of the molecule is CC/C=C\C/C=C\C/C=C\C/C=C\C/C=C\CCCC(=O)OC(COC(=O)CCCCCCCCC/C=C\CCCCCCCCCC)COC(=O)CCCCCCCCCCCCCCCCCCC. The van der Waals surface area contributed by atoms with E-state index in [0.29, 0.717) is 19.3 Å². The summed E-state index contributed by atoms with van der Waals surface area (Å²) < 4.78 is 16.9. The molecule has 1 unspecified atom stereocenters. The van der Waals surface area contributed by atoms with E-state index in [1.165, 1.54) is 180 Å². The fourth-order valence-corrected chi connectivity index (χ4v) is 8.65.